The molecule has 0 bridgehead atoms. The number of amides is 2. The molecule has 2 aliphatic rings. The molecule has 1 atom stereocenters. The van der Waals surface area contributed by atoms with E-state index < -0.39 is 5.97 Å². The maximum atomic E-state index is 13.1. The molecule has 1 aromatic heterocycles. The van der Waals surface area contributed by atoms with Crippen LogP contribution in [0.25, 0.3) is 0 Å². The number of aromatic nitrogens is 1. The van der Waals surface area contributed by atoms with Crippen molar-refractivity contribution in [3.63, 3.8) is 0 Å². The number of hydrogen-bond acceptors (Lipinski definition) is 6. The van der Waals surface area contributed by atoms with Crippen LogP contribution >= 0.6 is 0 Å². The molecule has 0 spiro atoms. The van der Waals surface area contributed by atoms with Crippen LogP contribution in [0, 0.1) is 19.8 Å². The predicted molar refractivity (Wildman–Crippen MR) is 115 cm³/mol. The van der Waals surface area contributed by atoms with E-state index in [0.717, 1.165) is 45.7 Å². The van der Waals surface area contributed by atoms with E-state index in [4.69, 9.17) is 9.47 Å². The molecule has 9 heteroatoms. The van der Waals surface area contributed by atoms with Crippen molar-refractivity contribution in [3.05, 3.63) is 22.5 Å². The summed E-state index contributed by atoms with van der Waals surface area (Å²) in [5.74, 6) is -0.827. The van der Waals surface area contributed by atoms with E-state index in [-0.39, 0.29) is 24.3 Å². The summed E-state index contributed by atoms with van der Waals surface area (Å²) in [4.78, 5) is 45.1. The summed E-state index contributed by atoms with van der Waals surface area (Å²) in [6.07, 6.45) is 1.54. The summed E-state index contributed by atoms with van der Waals surface area (Å²) in [5.41, 5.74) is 2.03. The number of morpholine rings is 1. The van der Waals surface area contributed by atoms with Crippen molar-refractivity contribution >= 4 is 17.8 Å². The Balaban J connectivity index is 1.57. The molecule has 2 aliphatic heterocycles. The number of piperidine rings is 1. The van der Waals surface area contributed by atoms with Crippen molar-refractivity contribution in [1.82, 2.24) is 20.1 Å². The van der Waals surface area contributed by atoms with E-state index in [9.17, 15) is 14.4 Å². The summed E-state index contributed by atoms with van der Waals surface area (Å²) >= 11 is 0. The van der Waals surface area contributed by atoms with Crippen LogP contribution in [-0.2, 0) is 14.3 Å². The normalized spacial score (nSPS) is 19.8. The van der Waals surface area contributed by atoms with Gasteiger partial charge in [-0.1, -0.05) is 0 Å². The molecule has 2 amide bonds. The van der Waals surface area contributed by atoms with Crippen LogP contribution in [0.2, 0.25) is 0 Å². The number of esters is 1. The lowest BCUT2D eigenvalue weighted by Gasteiger charge is -2.32. The van der Waals surface area contributed by atoms with Crippen LogP contribution in [0.15, 0.2) is 0 Å². The molecule has 1 aromatic rings. The van der Waals surface area contributed by atoms with E-state index in [1.54, 1.807) is 25.7 Å². The third kappa shape index (κ3) is 5.65. The zero-order valence-electron chi connectivity index (χ0n) is 18.8. The lowest BCUT2D eigenvalue weighted by molar-refractivity contribution is -0.126. The van der Waals surface area contributed by atoms with Gasteiger partial charge in [-0.3, -0.25) is 14.5 Å². The zero-order chi connectivity index (χ0) is 22.4. The summed E-state index contributed by atoms with van der Waals surface area (Å²) in [6.45, 7) is 11.2. The van der Waals surface area contributed by atoms with Gasteiger partial charge in [-0.05, 0) is 39.2 Å². The monoisotopic (exact) mass is 434 g/mol. The van der Waals surface area contributed by atoms with Crippen molar-refractivity contribution < 1.29 is 23.9 Å². The second-order valence-corrected chi connectivity index (χ2v) is 8.18. The summed E-state index contributed by atoms with van der Waals surface area (Å²) in [5, 5.41) is 3.02. The van der Waals surface area contributed by atoms with Gasteiger partial charge in [0.2, 0.25) is 5.91 Å². The Labute approximate surface area is 183 Å². The van der Waals surface area contributed by atoms with Crippen molar-refractivity contribution in [3.8, 4) is 0 Å². The first-order valence-electron chi connectivity index (χ1n) is 11.2. The molecule has 0 aliphatic carbocycles. The third-order valence-corrected chi connectivity index (χ3v) is 6.04. The maximum Gasteiger partial charge on any atom is 0.340 e. The Kier molecular flexibility index (Phi) is 8.09. The highest BCUT2D eigenvalue weighted by molar-refractivity contribution is 6.00. The van der Waals surface area contributed by atoms with Gasteiger partial charge in [0, 0.05) is 45.0 Å². The predicted octanol–water partition coefficient (Wildman–Crippen LogP) is 1.11. The number of aryl methyl sites for hydroxylation is 1. The highest BCUT2D eigenvalue weighted by Gasteiger charge is 2.31. The van der Waals surface area contributed by atoms with Gasteiger partial charge >= 0.3 is 5.97 Å². The summed E-state index contributed by atoms with van der Waals surface area (Å²) < 4.78 is 10.5. The number of carbonyl (C=O) groups is 3. The minimum Gasteiger partial charge on any atom is -0.462 e. The molecule has 0 radical (unpaired) electrons. The Bertz CT molecular complexity index is 800. The van der Waals surface area contributed by atoms with E-state index in [1.165, 1.54) is 0 Å². The molecule has 9 nitrogen and oxygen atoms in total. The van der Waals surface area contributed by atoms with Crippen LogP contribution in [0.5, 0.6) is 0 Å². The molecule has 0 aromatic carbocycles. The first-order chi connectivity index (χ1) is 14.9. The zero-order valence-corrected chi connectivity index (χ0v) is 18.8. The fourth-order valence-corrected chi connectivity index (χ4v) is 4.31. The molecule has 3 rings (SSSR count). The topological polar surface area (TPSA) is 104 Å². The largest absolute Gasteiger partial charge is 0.462 e. The van der Waals surface area contributed by atoms with Crippen molar-refractivity contribution in [1.29, 1.82) is 0 Å². The van der Waals surface area contributed by atoms with Crippen molar-refractivity contribution in [2.75, 3.05) is 59.1 Å². The molecular weight excluding hydrogens is 400 g/mol. The van der Waals surface area contributed by atoms with Gasteiger partial charge in [0.15, 0.2) is 0 Å². The number of aromatic amines is 1. The Morgan fingerprint density at radius 1 is 1.19 bits per heavy atom. The number of likely N-dealkylation sites (tertiary alicyclic amines) is 1. The molecule has 2 fully saturated rings. The van der Waals surface area contributed by atoms with Gasteiger partial charge in [0.1, 0.15) is 5.69 Å². The lowest BCUT2D eigenvalue weighted by Crippen LogP contribution is -2.47. The van der Waals surface area contributed by atoms with Crippen LogP contribution in [0.3, 0.4) is 0 Å². The maximum absolute atomic E-state index is 13.1. The fraction of sp³-hybridized carbons (Fsp3) is 0.682. The first-order valence-corrected chi connectivity index (χ1v) is 11.2. The standard InChI is InChI=1S/C22H34N4O5/c1-4-31-22(29)18-15(2)19(24-16(18)3)21(28)26-8-5-6-17(14-26)20(27)23-7-9-25-10-12-30-13-11-25/h17,24H,4-14H2,1-3H3,(H,23,27)/t17-/m1/s1. The quantitative estimate of drug-likeness (QED) is 0.623. The number of rotatable bonds is 7. The highest BCUT2D eigenvalue weighted by Crippen LogP contribution is 2.23. The second kappa shape index (κ2) is 10.8. The number of carbonyl (C=O) groups excluding carboxylic acids is 3. The average molecular weight is 435 g/mol. The Morgan fingerprint density at radius 2 is 1.94 bits per heavy atom. The van der Waals surface area contributed by atoms with Crippen LogP contribution in [0.4, 0.5) is 0 Å². The summed E-state index contributed by atoms with van der Waals surface area (Å²) in [6, 6.07) is 0. The van der Waals surface area contributed by atoms with Gasteiger partial charge in [0.05, 0.1) is 31.3 Å². The van der Waals surface area contributed by atoms with Crippen molar-refractivity contribution in [2.24, 2.45) is 5.92 Å². The molecule has 0 saturated carbocycles. The second-order valence-electron chi connectivity index (χ2n) is 8.18. The smallest absolute Gasteiger partial charge is 0.340 e. The lowest BCUT2D eigenvalue weighted by atomic mass is 9.96. The van der Waals surface area contributed by atoms with Gasteiger partial charge in [0.25, 0.3) is 5.91 Å². The van der Waals surface area contributed by atoms with Crippen LogP contribution < -0.4 is 5.32 Å². The molecule has 172 valence electrons. The number of ether oxygens (including phenoxy) is 2. The number of hydrogen-bond donors (Lipinski definition) is 2. The van der Waals surface area contributed by atoms with E-state index in [1.807, 2.05) is 0 Å². The van der Waals surface area contributed by atoms with Gasteiger partial charge < -0.3 is 24.7 Å². The SMILES string of the molecule is CCOC(=O)c1c(C)[nH]c(C(=O)N2CCC[C@@H](C(=O)NCCN3CCOCC3)C2)c1C. The first kappa shape index (κ1) is 23.3. The molecule has 2 N–H and O–H groups in total. The van der Waals surface area contributed by atoms with Crippen molar-refractivity contribution in [2.45, 2.75) is 33.6 Å². The molecule has 0 unspecified atom stereocenters. The van der Waals surface area contributed by atoms with E-state index in [2.05, 4.69) is 15.2 Å². The Morgan fingerprint density at radius 3 is 2.65 bits per heavy atom. The average Bonchev–Trinajstić information content (AvgIpc) is 3.08. The van der Waals surface area contributed by atoms with Crippen LogP contribution in [0.1, 0.15) is 51.9 Å². The number of nitrogens with one attached hydrogen (secondary N) is 2. The highest BCUT2D eigenvalue weighted by atomic mass is 16.5. The summed E-state index contributed by atoms with van der Waals surface area (Å²) in [7, 11) is 0. The molecule has 3 heterocycles. The molecular formula is C22H34N4O5. The van der Waals surface area contributed by atoms with Gasteiger partial charge in [-0.2, -0.15) is 0 Å². The number of H-pyrrole nitrogens is 1. The van der Waals surface area contributed by atoms with Crippen LogP contribution in [-0.4, -0.2) is 91.7 Å². The van der Waals surface area contributed by atoms with Gasteiger partial charge in [-0.15, -0.1) is 0 Å². The third-order valence-electron chi connectivity index (χ3n) is 6.04. The molecule has 31 heavy (non-hydrogen) atoms. The van der Waals surface area contributed by atoms with Gasteiger partial charge in [-0.25, -0.2) is 4.79 Å². The Hall–Kier alpha value is -2.39. The minimum absolute atomic E-state index is 0.00244. The fourth-order valence-electron chi connectivity index (χ4n) is 4.31. The van der Waals surface area contributed by atoms with E-state index in [0.29, 0.717) is 42.1 Å². The molecule has 2 saturated heterocycles. The van der Waals surface area contributed by atoms with E-state index >= 15 is 0 Å². The minimum atomic E-state index is -0.427. The number of nitrogens with zero attached hydrogens (tertiary/aromatic N) is 2.